The number of aliphatic hydroxyl groups excluding tert-OH is 1. The molecule has 118 valence electrons. The third-order valence-corrected chi connectivity index (χ3v) is 4.49. The van der Waals surface area contributed by atoms with Gasteiger partial charge < -0.3 is 15.7 Å². The second-order valence-electron chi connectivity index (χ2n) is 4.86. The molecule has 2 aromatic rings. The van der Waals surface area contributed by atoms with E-state index in [4.69, 9.17) is 11.6 Å². The highest BCUT2D eigenvalue weighted by Gasteiger charge is 2.14. The monoisotopic (exact) mass is 339 g/mol. The molecule has 5 nitrogen and oxygen atoms in total. The first kappa shape index (κ1) is 16.7. The zero-order valence-electron chi connectivity index (χ0n) is 12.4. The Morgan fingerprint density at radius 2 is 2.05 bits per heavy atom. The number of benzene rings is 1. The minimum Gasteiger partial charge on any atom is -0.394 e. The standard InChI is InChI=1S/C15H18ClN3O2S/c1-9-14(22-10(2)18-9)7-17-15(21)19-13(8-20)11-3-5-12(16)6-4-11/h3-6,13,20H,7-8H2,1-2H3,(H2,17,19,21). The number of amides is 2. The van der Waals surface area contributed by atoms with E-state index < -0.39 is 6.04 Å². The lowest BCUT2D eigenvalue weighted by molar-refractivity contribution is 0.216. The topological polar surface area (TPSA) is 74.2 Å². The van der Waals surface area contributed by atoms with Crippen molar-refractivity contribution in [2.75, 3.05) is 6.61 Å². The van der Waals surface area contributed by atoms with Crippen molar-refractivity contribution in [3.8, 4) is 0 Å². The highest BCUT2D eigenvalue weighted by molar-refractivity contribution is 7.11. The zero-order valence-corrected chi connectivity index (χ0v) is 14.0. The van der Waals surface area contributed by atoms with E-state index in [1.165, 1.54) is 0 Å². The van der Waals surface area contributed by atoms with Crippen molar-refractivity contribution >= 4 is 29.0 Å². The molecular formula is C15H18ClN3O2S. The first-order valence-corrected chi connectivity index (χ1v) is 8.02. The Hall–Kier alpha value is -1.63. The zero-order chi connectivity index (χ0) is 16.1. The van der Waals surface area contributed by atoms with Gasteiger partial charge in [0, 0.05) is 9.90 Å². The molecule has 22 heavy (non-hydrogen) atoms. The summed E-state index contributed by atoms with van der Waals surface area (Å²) in [5.41, 5.74) is 1.73. The number of nitrogens with one attached hydrogen (secondary N) is 2. The van der Waals surface area contributed by atoms with E-state index in [-0.39, 0.29) is 12.6 Å². The Balaban J connectivity index is 1.92. The number of carbonyl (C=O) groups is 1. The molecule has 1 heterocycles. The Kier molecular flexibility index (Phi) is 5.76. The van der Waals surface area contributed by atoms with Gasteiger partial charge in [0.15, 0.2) is 0 Å². The maximum absolute atomic E-state index is 12.0. The van der Waals surface area contributed by atoms with E-state index in [1.807, 2.05) is 13.8 Å². The maximum atomic E-state index is 12.0. The number of hydrogen-bond acceptors (Lipinski definition) is 4. The predicted octanol–water partition coefficient (Wildman–Crippen LogP) is 2.95. The van der Waals surface area contributed by atoms with Crippen LogP contribution in [0.5, 0.6) is 0 Å². The third kappa shape index (κ3) is 4.43. The fourth-order valence-corrected chi connectivity index (χ4v) is 3.04. The van der Waals surface area contributed by atoms with E-state index in [0.29, 0.717) is 11.6 Å². The summed E-state index contributed by atoms with van der Waals surface area (Å²) in [6.07, 6.45) is 0. The number of thiazole rings is 1. The molecule has 2 rings (SSSR count). The van der Waals surface area contributed by atoms with Crippen molar-refractivity contribution in [2.45, 2.75) is 26.4 Å². The first-order valence-electron chi connectivity index (χ1n) is 6.83. The lowest BCUT2D eigenvalue weighted by Gasteiger charge is -2.17. The van der Waals surface area contributed by atoms with Crippen LogP contribution in [0.25, 0.3) is 0 Å². The number of aryl methyl sites for hydroxylation is 2. The van der Waals surface area contributed by atoms with Gasteiger partial charge in [0.25, 0.3) is 0 Å². The molecule has 2 amide bonds. The smallest absolute Gasteiger partial charge is 0.315 e. The van der Waals surface area contributed by atoms with Crippen LogP contribution in [-0.4, -0.2) is 22.7 Å². The van der Waals surface area contributed by atoms with Crippen LogP contribution < -0.4 is 10.6 Å². The van der Waals surface area contributed by atoms with Crippen molar-refractivity contribution in [1.29, 1.82) is 0 Å². The molecule has 0 aliphatic heterocycles. The molecule has 0 saturated carbocycles. The Labute approximate surface area is 138 Å². The highest BCUT2D eigenvalue weighted by Crippen LogP contribution is 2.17. The molecule has 7 heteroatoms. The van der Waals surface area contributed by atoms with Crippen molar-refractivity contribution in [1.82, 2.24) is 15.6 Å². The van der Waals surface area contributed by atoms with Gasteiger partial charge in [0.05, 0.1) is 29.9 Å². The van der Waals surface area contributed by atoms with Gasteiger partial charge >= 0.3 is 6.03 Å². The number of aliphatic hydroxyl groups is 1. The van der Waals surface area contributed by atoms with Gasteiger partial charge in [0.1, 0.15) is 0 Å². The molecule has 3 N–H and O–H groups in total. The quantitative estimate of drug-likeness (QED) is 0.784. The molecule has 0 fully saturated rings. The minimum atomic E-state index is -0.471. The summed E-state index contributed by atoms with van der Waals surface area (Å²) in [7, 11) is 0. The predicted molar refractivity (Wildman–Crippen MR) is 88.2 cm³/mol. The minimum absolute atomic E-state index is 0.187. The van der Waals surface area contributed by atoms with Crippen LogP contribution in [0.1, 0.15) is 27.2 Å². The lowest BCUT2D eigenvalue weighted by atomic mass is 10.1. The summed E-state index contributed by atoms with van der Waals surface area (Å²) in [6.45, 7) is 4.09. The molecule has 0 aliphatic carbocycles. The first-order chi connectivity index (χ1) is 10.5. The fraction of sp³-hybridized carbons (Fsp3) is 0.333. The van der Waals surface area contributed by atoms with Crippen LogP contribution in [0.15, 0.2) is 24.3 Å². The van der Waals surface area contributed by atoms with E-state index in [1.54, 1.807) is 35.6 Å². The molecule has 0 saturated heterocycles. The average molecular weight is 340 g/mol. The molecular weight excluding hydrogens is 322 g/mol. The van der Waals surface area contributed by atoms with Crippen LogP contribution in [0.3, 0.4) is 0 Å². The number of aromatic nitrogens is 1. The highest BCUT2D eigenvalue weighted by atomic mass is 35.5. The fourth-order valence-electron chi connectivity index (χ4n) is 2.04. The summed E-state index contributed by atoms with van der Waals surface area (Å²) in [4.78, 5) is 17.3. The molecule has 1 atom stereocenters. The van der Waals surface area contributed by atoms with Gasteiger partial charge in [-0.25, -0.2) is 9.78 Å². The lowest BCUT2D eigenvalue weighted by Crippen LogP contribution is -2.38. The van der Waals surface area contributed by atoms with Crippen LogP contribution in [0.4, 0.5) is 4.79 Å². The largest absolute Gasteiger partial charge is 0.394 e. The van der Waals surface area contributed by atoms with Crippen molar-refractivity contribution in [2.24, 2.45) is 0 Å². The van der Waals surface area contributed by atoms with E-state index in [0.717, 1.165) is 21.1 Å². The summed E-state index contributed by atoms with van der Waals surface area (Å²) in [6, 6.07) is 6.20. The van der Waals surface area contributed by atoms with Gasteiger partial charge in [-0.05, 0) is 31.5 Å². The molecule has 0 bridgehead atoms. The normalized spacial score (nSPS) is 12.0. The number of urea groups is 1. The Morgan fingerprint density at radius 3 is 2.59 bits per heavy atom. The maximum Gasteiger partial charge on any atom is 0.315 e. The molecule has 1 aromatic heterocycles. The van der Waals surface area contributed by atoms with Gasteiger partial charge in [-0.2, -0.15) is 0 Å². The molecule has 1 unspecified atom stereocenters. The summed E-state index contributed by atoms with van der Waals surface area (Å²) in [5, 5.41) is 16.6. The number of carbonyl (C=O) groups excluding carboxylic acids is 1. The molecule has 0 aliphatic rings. The third-order valence-electron chi connectivity index (χ3n) is 3.17. The van der Waals surface area contributed by atoms with Gasteiger partial charge in [-0.15, -0.1) is 11.3 Å². The number of halogens is 1. The van der Waals surface area contributed by atoms with Crippen LogP contribution >= 0.6 is 22.9 Å². The van der Waals surface area contributed by atoms with Crippen molar-refractivity contribution < 1.29 is 9.90 Å². The van der Waals surface area contributed by atoms with Crippen LogP contribution in [0, 0.1) is 13.8 Å². The molecule has 0 spiro atoms. The number of hydrogen-bond donors (Lipinski definition) is 3. The van der Waals surface area contributed by atoms with Crippen molar-refractivity contribution in [3.05, 3.63) is 50.4 Å². The second-order valence-corrected chi connectivity index (χ2v) is 6.58. The van der Waals surface area contributed by atoms with E-state index in [9.17, 15) is 9.90 Å². The molecule has 1 aromatic carbocycles. The Bertz CT molecular complexity index is 643. The number of nitrogens with zero attached hydrogens (tertiary/aromatic N) is 1. The van der Waals surface area contributed by atoms with Crippen molar-refractivity contribution in [3.63, 3.8) is 0 Å². The number of rotatable bonds is 5. The van der Waals surface area contributed by atoms with Crippen LogP contribution in [-0.2, 0) is 6.54 Å². The second kappa shape index (κ2) is 7.58. The summed E-state index contributed by atoms with van der Waals surface area (Å²) in [5.74, 6) is 0. The average Bonchev–Trinajstić information content (AvgIpc) is 2.81. The van der Waals surface area contributed by atoms with Crippen LogP contribution in [0.2, 0.25) is 5.02 Å². The Morgan fingerprint density at radius 1 is 1.36 bits per heavy atom. The van der Waals surface area contributed by atoms with E-state index >= 15 is 0 Å². The summed E-state index contributed by atoms with van der Waals surface area (Å²) >= 11 is 7.39. The van der Waals surface area contributed by atoms with E-state index in [2.05, 4.69) is 15.6 Å². The van der Waals surface area contributed by atoms with Gasteiger partial charge in [-0.1, -0.05) is 23.7 Å². The van der Waals surface area contributed by atoms with Gasteiger partial charge in [0.2, 0.25) is 0 Å². The summed E-state index contributed by atoms with van der Waals surface area (Å²) < 4.78 is 0. The SMILES string of the molecule is Cc1nc(C)c(CNC(=O)NC(CO)c2ccc(Cl)cc2)s1. The van der Waals surface area contributed by atoms with Gasteiger partial charge in [-0.3, -0.25) is 0 Å². The molecule has 0 radical (unpaired) electrons.